The van der Waals surface area contributed by atoms with Gasteiger partial charge in [-0.2, -0.15) is 0 Å². The highest BCUT2D eigenvalue weighted by atomic mass is 15.1. The third kappa shape index (κ3) is 3.25. The summed E-state index contributed by atoms with van der Waals surface area (Å²) in [6.45, 7) is 8.56. The molecule has 1 heterocycles. The van der Waals surface area contributed by atoms with Crippen LogP contribution in [0.25, 0.3) is 0 Å². The fourth-order valence-corrected chi connectivity index (χ4v) is 2.17. The van der Waals surface area contributed by atoms with Gasteiger partial charge in [0.05, 0.1) is 11.9 Å². The molecule has 0 bridgehead atoms. The normalized spacial score (nSPS) is 10.3. The number of rotatable bonds is 5. The molecule has 0 saturated heterocycles. The lowest BCUT2D eigenvalue weighted by Gasteiger charge is -2.22. The maximum atomic E-state index is 4.11. The molecule has 1 N–H and O–H groups in total. The largest absolute Gasteiger partial charge is 0.372 e. The summed E-state index contributed by atoms with van der Waals surface area (Å²) < 4.78 is 0. The summed E-state index contributed by atoms with van der Waals surface area (Å²) in [6, 6.07) is 10.5. The van der Waals surface area contributed by atoms with E-state index in [0.717, 1.165) is 24.5 Å². The highest BCUT2D eigenvalue weighted by Gasteiger charge is 2.05. The van der Waals surface area contributed by atoms with Crippen molar-refractivity contribution in [1.29, 1.82) is 0 Å². The van der Waals surface area contributed by atoms with Gasteiger partial charge in [-0.25, -0.2) is 0 Å². The zero-order chi connectivity index (χ0) is 13.7. The molecular weight excluding hydrogens is 234 g/mol. The maximum Gasteiger partial charge on any atom is 0.0570 e. The number of nitrogens with zero attached hydrogens (tertiary/aromatic N) is 2. The third-order valence-electron chi connectivity index (χ3n) is 3.28. The molecule has 0 spiro atoms. The average molecular weight is 255 g/mol. The molecule has 3 heteroatoms. The molecule has 0 unspecified atom stereocenters. The van der Waals surface area contributed by atoms with Crippen molar-refractivity contribution in [3.8, 4) is 0 Å². The number of hydrogen-bond acceptors (Lipinski definition) is 3. The van der Waals surface area contributed by atoms with Gasteiger partial charge in [0.2, 0.25) is 0 Å². The van der Waals surface area contributed by atoms with E-state index in [9.17, 15) is 0 Å². The SMILES string of the molecule is CCN(CC)c1ccc(Nc2cccnc2)c(C)c1. The van der Waals surface area contributed by atoms with Crippen LogP contribution in [0.5, 0.6) is 0 Å². The van der Waals surface area contributed by atoms with Gasteiger partial charge in [-0.05, 0) is 56.7 Å². The molecular formula is C16H21N3. The lowest BCUT2D eigenvalue weighted by atomic mass is 10.1. The Kier molecular flexibility index (Phi) is 4.39. The molecule has 0 fully saturated rings. The molecule has 1 aromatic carbocycles. The summed E-state index contributed by atoms with van der Waals surface area (Å²) in [7, 11) is 0. The minimum absolute atomic E-state index is 1.01. The van der Waals surface area contributed by atoms with Gasteiger partial charge in [0.25, 0.3) is 0 Å². The Balaban J connectivity index is 2.20. The summed E-state index contributed by atoms with van der Waals surface area (Å²) in [6.07, 6.45) is 3.61. The quantitative estimate of drug-likeness (QED) is 0.876. The average Bonchev–Trinajstić information content (AvgIpc) is 2.44. The van der Waals surface area contributed by atoms with Crippen molar-refractivity contribution in [1.82, 2.24) is 4.98 Å². The van der Waals surface area contributed by atoms with Crippen LogP contribution in [0.3, 0.4) is 0 Å². The predicted octanol–water partition coefficient (Wildman–Crippen LogP) is 3.98. The highest BCUT2D eigenvalue weighted by molar-refractivity contribution is 5.66. The van der Waals surface area contributed by atoms with Crippen molar-refractivity contribution in [3.05, 3.63) is 48.3 Å². The Morgan fingerprint density at radius 3 is 2.53 bits per heavy atom. The van der Waals surface area contributed by atoms with Crippen LogP contribution in [-0.2, 0) is 0 Å². The van der Waals surface area contributed by atoms with Gasteiger partial charge >= 0.3 is 0 Å². The smallest absolute Gasteiger partial charge is 0.0570 e. The first-order valence-corrected chi connectivity index (χ1v) is 6.77. The van der Waals surface area contributed by atoms with Gasteiger partial charge in [0.15, 0.2) is 0 Å². The lowest BCUT2D eigenvalue weighted by Crippen LogP contribution is -2.21. The minimum Gasteiger partial charge on any atom is -0.372 e. The minimum atomic E-state index is 1.01. The highest BCUT2D eigenvalue weighted by Crippen LogP contribution is 2.25. The summed E-state index contributed by atoms with van der Waals surface area (Å²) in [5.41, 5.74) is 4.66. The number of nitrogens with one attached hydrogen (secondary N) is 1. The third-order valence-corrected chi connectivity index (χ3v) is 3.28. The first-order valence-electron chi connectivity index (χ1n) is 6.77. The number of aromatic nitrogens is 1. The van der Waals surface area contributed by atoms with E-state index >= 15 is 0 Å². The molecule has 2 aromatic rings. The molecule has 0 radical (unpaired) electrons. The summed E-state index contributed by atoms with van der Waals surface area (Å²) >= 11 is 0. The number of hydrogen-bond donors (Lipinski definition) is 1. The van der Waals surface area contributed by atoms with E-state index in [1.54, 1.807) is 6.20 Å². The van der Waals surface area contributed by atoms with Gasteiger partial charge in [-0.1, -0.05) is 0 Å². The topological polar surface area (TPSA) is 28.2 Å². The molecule has 0 saturated carbocycles. The van der Waals surface area contributed by atoms with Crippen LogP contribution in [0.2, 0.25) is 0 Å². The van der Waals surface area contributed by atoms with E-state index in [1.165, 1.54) is 11.3 Å². The zero-order valence-electron chi connectivity index (χ0n) is 11.9. The molecule has 1 aromatic heterocycles. The second-order valence-corrected chi connectivity index (χ2v) is 4.54. The van der Waals surface area contributed by atoms with Crippen LogP contribution >= 0.6 is 0 Å². The Morgan fingerprint density at radius 2 is 1.95 bits per heavy atom. The molecule has 2 rings (SSSR count). The number of benzene rings is 1. The first-order chi connectivity index (χ1) is 9.24. The standard InChI is InChI=1S/C16H21N3/c1-4-19(5-2)15-8-9-16(13(3)11-15)18-14-7-6-10-17-12-14/h6-12,18H,4-5H2,1-3H3. The van der Waals surface area contributed by atoms with E-state index in [1.807, 2.05) is 18.3 Å². The van der Waals surface area contributed by atoms with Crippen LogP contribution in [0, 0.1) is 6.92 Å². The van der Waals surface area contributed by atoms with Crippen LogP contribution in [-0.4, -0.2) is 18.1 Å². The molecule has 3 nitrogen and oxygen atoms in total. The zero-order valence-corrected chi connectivity index (χ0v) is 11.9. The van der Waals surface area contributed by atoms with E-state index in [4.69, 9.17) is 0 Å². The Hall–Kier alpha value is -2.03. The maximum absolute atomic E-state index is 4.11. The van der Waals surface area contributed by atoms with Crippen LogP contribution in [0.1, 0.15) is 19.4 Å². The number of anilines is 3. The predicted molar refractivity (Wildman–Crippen MR) is 82.3 cm³/mol. The molecule has 0 aliphatic carbocycles. The van der Waals surface area contributed by atoms with Crippen LogP contribution in [0.4, 0.5) is 17.1 Å². The van der Waals surface area contributed by atoms with Crippen LogP contribution < -0.4 is 10.2 Å². The van der Waals surface area contributed by atoms with Crippen molar-refractivity contribution in [2.24, 2.45) is 0 Å². The van der Waals surface area contributed by atoms with Gasteiger partial charge < -0.3 is 10.2 Å². The van der Waals surface area contributed by atoms with E-state index in [0.29, 0.717) is 0 Å². The number of aryl methyl sites for hydroxylation is 1. The molecule has 0 amide bonds. The molecule has 0 aliphatic heterocycles. The second kappa shape index (κ2) is 6.23. The van der Waals surface area contributed by atoms with Gasteiger partial charge in [-0.15, -0.1) is 0 Å². The Labute approximate surface area is 115 Å². The second-order valence-electron chi connectivity index (χ2n) is 4.54. The van der Waals surface area contributed by atoms with E-state index in [-0.39, 0.29) is 0 Å². The molecule has 0 aliphatic rings. The number of pyridine rings is 1. The van der Waals surface area contributed by atoms with Crippen molar-refractivity contribution >= 4 is 17.1 Å². The molecule has 19 heavy (non-hydrogen) atoms. The van der Waals surface area contributed by atoms with Gasteiger partial charge in [-0.3, -0.25) is 4.98 Å². The fourth-order valence-electron chi connectivity index (χ4n) is 2.17. The van der Waals surface area contributed by atoms with Gasteiger partial charge in [0, 0.05) is 30.7 Å². The first kappa shape index (κ1) is 13.4. The van der Waals surface area contributed by atoms with Crippen LogP contribution in [0.15, 0.2) is 42.7 Å². The van der Waals surface area contributed by atoms with E-state index < -0.39 is 0 Å². The summed E-state index contributed by atoms with van der Waals surface area (Å²) in [5, 5.41) is 3.39. The fraction of sp³-hybridized carbons (Fsp3) is 0.312. The van der Waals surface area contributed by atoms with Gasteiger partial charge in [0.1, 0.15) is 0 Å². The summed E-state index contributed by atoms with van der Waals surface area (Å²) in [4.78, 5) is 6.46. The van der Waals surface area contributed by atoms with E-state index in [2.05, 4.69) is 54.2 Å². The van der Waals surface area contributed by atoms with Crippen molar-refractivity contribution in [2.75, 3.05) is 23.3 Å². The van der Waals surface area contributed by atoms with Crippen molar-refractivity contribution in [3.63, 3.8) is 0 Å². The lowest BCUT2D eigenvalue weighted by molar-refractivity contribution is 0.866. The van der Waals surface area contributed by atoms with Crippen molar-refractivity contribution < 1.29 is 0 Å². The Bertz CT molecular complexity index is 519. The molecule has 0 atom stereocenters. The summed E-state index contributed by atoms with van der Waals surface area (Å²) in [5.74, 6) is 0. The molecule has 100 valence electrons. The monoisotopic (exact) mass is 255 g/mol. The Morgan fingerprint density at radius 1 is 1.16 bits per heavy atom. The van der Waals surface area contributed by atoms with Crippen molar-refractivity contribution in [2.45, 2.75) is 20.8 Å².